The first-order valence-electron chi connectivity index (χ1n) is 4.83. The highest BCUT2D eigenvalue weighted by Crippen LogP contribution is 2.64. The van der Waals surface area contributed by atoms with E-state index in [1.165, 1.54) is 5.56 Å². The highest BCUT2D eigenvalue weighted by atomic mass is 16.3. The number of nitrogens with two attached hydrogens (primary N) is 1. The highest BCUT2D eigenvalue weighted by molar-refractivity contribution is 5.33. The molecule has 2 rings (SSSR count). The standard InChI is InChI=1S/C11H17NO/c1-7-8(4-5-13-7)10-9(6-12)11(10,2)3/h4-5,9-10H,6,12H2,1-3H3/t9-,10-/m1/s1. The molecule has 0 spiro atoms. The molecular formula is C11H17NO. The van der Waals surface area contributed by atoms with Crippen LogP contribution in [0.2, 0.25) is 0 Å². The van der Waals surface area contributed by atoms with Crippen molar-refractivity contribution >= 4 is 0 Å². The van der Waals surface area contributed by atoms with E-state index in [4.69, 9.17) is 10.2 Å². The Morgan fingerprint density at radius 2 is 2.23 bits per heavy atom. The zero-order valence-corrected chi connectivity index (χ0v) is 8.50. The van der Waals surface area contributed by atoms with Crippen LogP contribution >= 0.6 is 0 Å². The molecule has 2 nitrogen and oxygen atoms in total. The lowest BCUT2D eigenvalue weighted by Gasteiger charge is -2.00. The SMILES string of the molecule is Cc1occc1[C@@H]1[C@@H](CN)C1(C)C. The van der Waals surface area contributed by atoms with Gasteiger partial charge in [-0.05, 0) is 42.3 Å². The van der Waals surface area contributed by atoms with Gasteiger partial charge in [-0.25, -0.2) is 0 Å². The smallest absolute Gasteiger partial charge is 0.104 e. The molecule has 1 saturated carbocycles. The van der Waals surface area contributed by atoms with E-state index in [0.29, 0.717) is 17.3 Å². The van der Waals surface area contributed by atoms with Crippen LogP contribution in [-0.4, -0.2) is 6.54 Å². The van der Waals surface area contributed by atoms with Crippen molar-refractivity contribution in [2.24, 2.45) is 17.1 Å². The second-order valence-corrected chi connectivity index (χ2v) is 4.57. The Kier molecular flexibility index (Phi) is 1.77. The molecule has 72 valence electrons. The maximum atomic E-state index is 5.73. The summed E-state index contributed by atoms with van der Waals surface area (Å²) in [4.78, 5) is 0. The van der Waals surface area contributed by atoms with Gasteiger partial charge in [-0.1, -0.05) is 13.8 Å². The summed E-state index contributed by atoms with van der Waals surface area (Å²) >= 11 is 0. The van der Waals surface area contributed by atoms with E-state index in [2.05, 4.69) is 19.9 Å². The summed E-state index contributed by atoms with van der Waals surface area (Å²) in [6, 6.07) is 2.08. The number of rotatable bonds is 2. The number of hydrogen-bond acceptors (Lipinski definition) is 2. The Balaban J connectivity index is 2.26. The second-order valence-electron chi connectivity index (χ2n) is 4.57. The van der Waals surface area contributed by atoms with Gasteiger partial charge >= 0.3 is 0 Å². The van der Waals surface area contributed by atoms with Gasteiger partial charge in [0, 0.05) is 0 Å². The second kappa shape index (κ2) is 2.61. The van der Waals surface area contributed by atoms with Crippen LogP contribution in [0.3, 0.4) is 0 Å². The third-order valence-corrected chi connectivity index (χ3v) is 3.54. The normalized spacial score (nSPS) is 30.5. The Bertz CT molecular complexity index is 314. The Morgan fingerprint density at radius 3 is 2.62 bits per heavy atom. The number of furan rings is 1. The summed E-state index contributed by atoms with van der Waals surface area (Å²) in [5, 5.41) is 0. The van der Waals surface area contributed by atoms with Gasteiger partial charge in [-0.3, -0.25) is 0 Å². The first-order chi connectivity index (χ1) is 6.09. The molecule has 1 aromatic heterocycles. The van der Waals surface area contributed by atoms with E-state index in [9.17, 15) is 0 Å². The maximum absolute atomic E-state index is 5.73. The molecule has 13 heavy (non-hydrogen) atoms. The lowest BCUT2D eigenvalue weighted by atomic mass is 10.0. The van der Waals surface area contributed by atoms with E-state index in [0.717, 1.165) is 12.3 Å². The van der Waals surface area contributed by atoms with Crippen LogP contribution in [0.15, 0.2) is 16.7 Å². The monoisotopic (exact) mass is 179 g/mol. The van der Waals surface area contributed by atoms with E-state index >= 15 is 0 Å². The van der Waals surface area contributed by atoms with Crippen molar-refractivity contribution in [3.63, 3.8) is 0 Å². The van der Waals surface area contributed by atoms with Crippen LogP contribution in [0.25, 0.3) is 0 Å². The van der Waals surface area contributed by atoms with Gasteiger partial charge in [0.05, 0.1) is 6.26 Å². The molecule has 2 atom stereocenters. The Morgan fingerprint density at radius 1 is 1.54 bits per heavy atom. The zero-order chi connectivity index (χ0) is 9.64. The minimum absolute atomic E-state index is 0.364. The van der Waals surface area contributed by atoms with Gasteiger partial charge in [-0.15, -0.1) is 0 Å². The molecule has 1 aromatic rings. The molecule has 1 aliphatic carbocycles. The molecule has 0 bridgehead atoms. The molecule has 0 amide bonds. The average Bonchev–Trinajstić information content (AvgIpc) is 2.41. The fourth-order valence-corrected chi connectivity index (χ4v) is 2.52. The van der Waals surface area contributed by atoms with E-state index in [1.807, 2.05) is 6.92 Å². The van der Waals surface area contributed by atoms with Crippen LogP contribution in [0.4, 0.5) is 0 Å². The molecule has 0 unspecified atom stereocenters. The Hall–Kier alpha value is -0.760. The van der Waals surface area contributed by atoms with Crippen molar-refractivity contribution in [3.8, 4) is 0 Å². The van der Waals surface area contributed by atoms with Crippen molar-refractivity contribution in [3.05, 3.63) is 23.7 Å². The highest BCUT2D eigenvalue weighted by Gasteiger charge is 2.57. The van der Waals surface area contributed by atoms with E-state index in [1.54, 1.807) is 6.26 Å². The van der Waals surface area contributed by atoms with Crippen molar-refractivity contribution in [2.45, 2.75) is 26.7 Å². The summed E-state index contributed by atoms with van der Waals surface area (Å²) < 4.78 is 5.31. The van der Waals surface area contributed by atoms with Crippen LogP contribution in [0, 0.1) is 18.3 Å². The molecule has 1 aliphatic rings. The lowest BCUT2D eigenvalue weighted by Crippen LogP contribution is -2.05. The molecule has 2 N–H and O–H groups in total. The first-order valence-corrected chi connectivity index (χ1v) is 4.83. The summed E-state index contributed by atoms with van der Waals surface area (Å²) in [5.41, 5.74) is 7.44. The molecule has 0 radical (unpaired) electrons. The van der Waals surface area contributed by atoms with Gasteiger partial charge in [0.25, 0.3) is 0 Å². The minimum atomic E-state index is 0.364. The number of aryl methyl sites for hydroxylation is 1. The van der Waals surface area contributed by atoms with Gasteiger partial charge in [-0.2, -0.15) is 0 Å². The molecular weight excluding hydrogens is 162 g/mol. The van der Waals surface area contributed by atoms with Crippen LogP contribution in [-0.2, 0) is 0 Å². The van der Waals surface area contributed by atoms with E-state index < -0.39 is 0 Å². The summed E-state index contributed by atoms with van der Waals surface area (Å²) in [6.45, 7) is 7.36. The van der Waals surface area contributed by atoms with Gasteiger partial charge in [0.1, 0.15) is 5.76 Å². The van der Waals surface area contributed by atoms with Crippen molar-refractivity contribution in [2.75, 3.05) is 6.54 Å². The topological polar surface area (TPSA) is 39.2 Å². The van der Waals surface area contributed by atoms with Crippen LogP contribution < -0.4 is 5.73 Å². The number of hydrogen-bond donors (Lipinski definition) is 1. The predicted octanol–water partition coefficient (Wildman–Crippen LogP) is 2.29. The van der Waals surface area contributed by atoms with Crippen LogP contribution in [0.1, 0.15) is 31.1 Å². The molecule has 0 saturated heterocycles. The predicted molar refractivity (Wildman–Crippen MR) is 52.5 cm³/mol. The lowest BCUT2D eigenvalue weighted by molar-refractivity contribution is 0.524. The fraction of sp³-hybridized carbons (Fsp3) is 0.636. The molecule has 0 aliphatic heterocycles. The van der Waals surface area contributed by atoms with Crippen LogP contribution in [0.5, 0.6) is 0 Å². The molecule has 0 aromatic carbocycles. The third kappa shape index (κ3) is 1.12. The van der Waals surface area contributed by atoms with Crippen molar-refractivity contribution in [1.29, 1.82) is 0 Å². The fourth-order valence-electron chi connectivity index (χ4n) is 2.52. The van der Waals surface area contributed by atoms with Gasteiger partial charge < -0.3 is 10.2 Å². The third-order valence-electron chi connectivity index (χ3n) is 3.54. The van der Waals surface area contributed by atoms with Gasteiger partial charge in [0.15, 0.2) is 0 Å². The zero-order valence-electron chi connectivity index (χ0n) is 8.50. The van der Waals surface area contributed by atoms with Crippen molar-refractivity contribution in [1.82, 2.24) is 0 Å². The minimum Gasteiger partial charge on any atom is -0.469 e. The van der Waals surface area contributed by atoms with Crippen molar-refractivity contribution < 1.29 is 4.42 Å². The molecule has 1 fully saturated rings. The summed E-state index contributed by atoms with van der Waals surface area (Å²) in [5.74, 6) is 2.29. The maximum Gasteiger partial charge on any atom is 0.104 e. The van der Waals surface area contributed by atoms with Gasteiger partial charge in [0.2, 0.25) is 0 Å². The summed E-state index contributed by atoms with van der Waals surface area (Å²) in [6.07, 6.45) is 1.77. The quantitative estimate of drug-likeness (QED) is 0.756. The van der Waals surface area contributed by atoms with E-state index in [-0.39, 0.29) is 0 Å². The Labute approximate surface area is 79.1 Å². The first kappa shape index (κ1) is 8.82. The largest absolute Gasteiger partial charge is 0.469 e. The molecule has 2 heteroatoms. The average molecular weight is 179 g/mol. The molecule has 1 heterocycles. The summed E-state index contributed by atoms with van der Waals surface area (Å²) in [7, 11) is 0.